The quantitative estimate of drug-likeness (QED) is 0.0178. The molecule has 9 heterocycles. The monoisotopic (exact) mass is 2020 g/mol. The Morgan fingerprint density at radius 3 is 1.15 bits per heavy atom. The molecule has 1 fully saturated rings. The van der Waals surface area contributed by atoms with E-state index in [0.29, 0.717) is 145 Å². The predicted molar refractivity (Wildman–Crippen MR) is 558 cm³/mol. The molecule has 33 heteroatoms. The Balaban J connectivity index is 0.000000203. The number of ether oxygens (including phenoxy) is 6. The number of amides is 10. The van der Waals surface area contributed by atoms with E-state index in [4.69, 9.17) is 51.3 Å². The number of aryl methyl sites for hydroxylation is 4. The highest BCUT2D eigenvalue weighted by Gasteiger charge is 2.44. The first kappa shape index (κ1) is 101. The van der Waals surface area contributed by atoms with Crippen molar-refractivity contribution in [2.24, 2.45) is 21.8 Å². The number of carbonyl (C=O) groups excluding carboxylic acids is 13. The number of carbonyl (C=O) groups is 14. The van der Waals surface area contributed by atoms with Crippen LogP contribution >= 0.6 is 0 Å². The Morgan fingerprint density at radius 1 is 0.403 bits per heavy atom. The van der Waals surface area contributed by atoms with Crippen molar-refractivity contribution >= 4 is 141 Å². The summed E-state index contributed by atoms with van der Waals surface area (Å²) in [5, 5.41) is 20.6. The number of nitrogens with one attached hydrogen (secondary N) is 4. The fraction of sp³-hybridized carbons (Fsp3) is 0.345. The molecular weight excluding hydrogens is 1900 g/mol. The summed E-state index contributed by atoms with van der Waals surface area (Å²) in [5.74, 6) is -4.51. The molecule has 0 saturated carbocycles. The smallest absolute Gasteiger partial charge is 0.333 e. The Bertz CT molecular complexity index is 7130. The van der Waals surface area contributed by atoms with Crippen LogP contribution in [-0.2, 0) is 118 Å². The highest BCUT2D eigenvalue weighted by molar-refractivity contribution is 6.17. The molecule has 770 valence electrons. The molecular formula is C116H119N11O22. The molecule has 0 radical (unpaired) electrons. The van der Waals surface area contributed by atoms with E-state index in [1.807, 2.05) is 145 Å². The first-order chi connectivity index (χ1) is 72.8. The average molecular weight is 2020 g/mol. The fourth-order valence-electron chi connectivity index (χ4n) is 20.8. The topological polar surface area (TPSA) is 413 Å². The molecule has 0 aromatic heterocycles. The van der Waals surface area contributed by atoms with Crippen LogP contribution in [0.2, 0.25) is 0 Å². The Hall–Kier alpha value is -16.5. The number of unbranched alkanes of at least 4 members (excludes halogenated alkanes) is 2. The summed E-state index contributed by atoms with van der Waals surface area (Å²) in [5.41, 5.74) is 18.1. The summed E-state index contributed by atoms with van der Waals surface area (Å²) < 4.78 is 47.4. The van der Waals surface area contributed by atoms with Crippen molar-refractivity contribution in [3.63, 3.8) is 0 Å². The van der Waals surface area contributed by atoms with Crippen LogP contribution in [0.1, 0.15) is 229 Å². The highest BCUT2D eigenvalue weighted by atomic mass is 16.7. The number of aliphatic imine (C=N–C) groups is 2. The minimum atomic E-state index is -0.933. The lowest BCUT2D eigenvalue weighted by Gasteiger charge is -2.23. The fourth-order valence-corrected chi connectivity index (χ4v) is 20.8. The molecule has 0 spiro atoms. The van der Waals surface area contributed by atoms with Crippen molar-refractivity contribution in [2.45, 2.75) is 233 Å². The number of ketones is 2. The highest BCUT2D eigenvalue weighted by Crippen LogP contribution is 2.47. The van der Waals surface area contributed by atoms with Crippen molar-refractivity contribution < 1.29 is 108 Å². The van der Waals surface area contributed by atoms with Gasteiger partial charge in [0.05, 0.1) is 60.9 Å². The van der Waals surface area contributed by atoms with E-state index >= 15 is 0 Å². The summed E-state index contributed by atoms with van der Waals surface area (Å²) in [6.07, 6.45) is 10.5. The third-order valence-corrected chi connectivity index (χ3v) is 28.7. The maximum absolute atomic E-state index is 14.1. The molecule has 19 rings (SSSR count). The zero-order valence-corrected chi connectivity index (χ0v) is 84.2. The van der Waals surface area contributed by atoms with E-state index in [2.05, 4.69) is 33.4 Å². The summed E-state index contributed by atoms with van der Waals surface area (Å²) in [4.78, 5) is 204. The molecule has 10 aromatic carbocycles. The van der Waals surface area contributed by atoms with E-state index in [-0.39, 0.29) is 156 Å². The van der Waals surface area contributed by atoms with Crippen LogP contribution in [0, 0.1) is 25.7 Å². The minimum Gasteiger partial charge on any atom is -0.493 e. The third-order valence-electron chi connectivity index (χ3n) is 28.7. The first-order valence-electron chi connectivity index (χ1n) is 51.6. The molecule has 1 saturated heterocycles. The van der Waals surface area contributed by atoms with Gasteiger partial charge in [-0.15, -0.1) is 5.06 Å². The first-order valence-corrected chi connectivity index (χ1v) is 50.6. The predicted octanol–water partition coefficient (Wildman–Crippen LogP) is 17.1. The van der Waals surface area contributed by atoms with E-state index in [0.717, 1.165) is 81.8 Å². The lowest BCUT2D eigenvalue weighted by atomic mass is 9.98. The molecule has 0 bridgehead atoms. The third kappa shape index (κ3) is 22.9. The normalized spacial score (nSPS) is 17.4. The summed E-state index contributed by atoms with van der Waals surface area (Å²) in [6, 6.07) is 55.1. The van der Waals surface area contributed by atoms with Gasteiger partial charge in [0.15, 0.2) is 34.6 Å². The Morgan fingerprint density at radius 2 is 0.758 bits per heavy atom. The second kappa shape index (κ2) is 44.8. The number of para-hydroxylation sites is 4. The van der Waals surface area contributed by atoms with Gasteiger partial charge in [0, 0.05) is 161 Å². The number of carboxylic acids is 1. The van der Waals surface area contributed by atoms with Gasteiger partial charge in [0.1, 0.15) is 37.9 Å². The van der Waals surface area contributed by atoms with Gasteiger partial charge in [-0.05, 0) is 256 Å². The maximum atomic E-state index is 14.1. The van der Waals surface area contributed by atoms with Crippen molar-refractivity contribution in [1.29, 1.82) is 0 Å². The number of hydrogen-bond acceptors (Lipinski definition) is 23. The number of imide groups is 1. The molecule has 8 atom stereocenters. The number of methoxy groups -OCH3 is 2. The molecule has 10 aromatic rings. The van der Waals surface area contributed by atoms with Gasteiger partial charge in [0.25, 0.3) is 35.4 Å². The zero-order valence-electron chi connectivity index (χ0n) is 86.2. The molecule has 149 heavy (non-hydrogen) atoms. The van der Waals surface area contributed by atoms with Gasteiger partial charge in [0.2, 0.25) is 23.6 Å². The number of nitrogens with zero attached hydrogens (tertiary/aromatic N) is 7. The number of aliphatic carboxylic acids is 1. The molecule has 33 nitrogen and oxygen atoms in total. The lowest BCUT2D eigenvalue weighted by molar-refractivity contribution is -0.197. The average Bonchev–Trinajstić information content (AvgIpc) is 1.65. The number of rotatable bonds is 37. The number of hydrogen-bond donors (Lipinski definition) is 5. The van der Waals surface area contributed by atoms with Crippen LogP contribution in [0.3, 0.4) is 0 Å². The molecule has 10 amide bonds. The standard InChI is InChI=1S/C60H60N6O12.C56H57N5O10.H2/c1-34-21-45-39(17-18-43-26-40-11-5-7-13-48(40)64(43)59(45)73)28-51(34)76-32-37-23-38(33-77-53-30-47-46(29-52(53)75-4)60(74)65-44(31-61-47)27-41-12-6-8-14-49(41)65)25-42(24-37)63-58(72)35(2)22-50(67)36(3)62-54(68)15-9-10-16-57(71)78-66-55(69)19-20-56(66)70;1-32-19-43-37(17-18-41-24-38-11-5-7-13-46(38)60(41)55(43)67)26-49(32)70-30-35-21-36(23-40(22-35)59-54(66)33(2)20-48(62)34(3)58-52(63)15-9-10-16-53(64)65)31-71-51-28-45-44(27-50(51)69-4)56(68)61-42(29-57-45)25-39-12-6-8-14-47(39)61;/h5-8,11-14,21,23-25,28-31,35-36,43-44H,9-10,15-20,22,26-27,32-33H2,1-4H3,(H,62,68)(H,63,72);5-8,11-14,19,21-23,26-29,33-34,41-42H,9-10,15-18,20,24-25,30-31H2,1-4H3,(H,58,63)(H,59,66)(H,64,65);1H/t35-,36+,43-,44+;33-,34+,41-,42+;/m11./s1/i;;1+1D. The molecule has 9 aliphatic rings. The molecule has 9 aliphatic heterocycles. The molecule has 5 N–H and O–H groups in total. The lowest BCUT2D eigenvalue weighted by Crippen LogP contribution is -2.39. The largest absolute Gasteiger partial charge is 0.493 e. The number of hydroxylamine groups is 2. The second-order valence-electron chi connectivity index (χ2n) is 39.5. The van der Waals surface area contributed by atoms with Gasteiger partial charge >= 0.3 is 11.9 Å². The van der Waals surface area contributed by atoms with Crippen LogP contribution in [0.4, 0.5) is 45.5 Å². The van der Waals surface area contributed by atoms with Crippen LogP contribution in [-0.4, -0.2) is 156 Å². The van der Waals surface area contributed by atoms with Gasteiger partial charge < -0.3 is 69.4 Å². The summed E-state index contributed by atoms with van der Waals surface area (Å²) in [7, 11) is 3.01. The van der Waals surface area contributed by atoms with Crippen LogP contribution in [0.15, 0.2) is 192 Å². The van der Waals surface area contributed by atoms with Crippen LogP contribution < -0.4 is 69.3 Å². The van der Waals surface area contributed by atoms with E-state index < -0.39 is 65.4 Å². The minimum absolute atomic E-state index is 0.00236. The van der Waals surface area contributed by atoms with Crippen LogP contribution in [0.5, 0.6) is 34.5 Å². The molecule has 0 aliphatic carbocycles. The van der Waals surface area contributed by atoms with Crippen molar-refractivity contribution in [2.75, 3.05) is 44.5 Å². The number of Topliss-reactive ketones (excluding diaryl/α,β-unsaturated/α-hetero) is 2. The Labute approximate surface area is 864 Å². The number of carboxylic acid groups (broad SMARTS) is 1. The van der Waals surface area contributed by atoms with Crippen molar-refractivity contribution in [1.82, 2.24) is 15.7 Å². The van der Waals surface area contributed by atoms with Crippen molar-refractivity contribution in [3.8, 4) is 34.5 Å². The number of fused-ring (bicyclic) bond motifs is 16. The van der Waals surface area contributed by atoms with E-state index in [1.54, 1.807) is 98.5 Å². The van der Waals surface area contributed by atoms with Crippen molar-refractivity contribution in [3.05, 3.63) is 271 Å². The van der Waals surface area contributed by atoms with E-state index in [1.165, 1.54) is 25.3 Å². The van der Waals surface area contributed by atoms with Gasteiger partial charge in [-0.25, -0.2) is 4.79 Å². The molecule has 0 unspecified atom stereocenters. The number of benzene rings is 10. The van der Waals surface area contributed by atoms with Gasteiger partial charge in [-0.2, -0.15) is 0 Å². The number of anilines is 6. The maximum Gasteiger partial charge on any atom is 0.333 e. The van der Waals surface area contributed by atoms with Gasteiger partial charge in [-0.1, -0.05) is 86.6 Å². The Kier molecular flexibility index (Phi) is 30.5. The zero-order chi connectivity index (χ0) is 107. The SMILES string of the molecule is COc1cc2c(cc1OCc1cc(COc3cc4c(cc3C)C(=O)N3c5ccccc5C[C@H]3CC4)cc(NC(=O)[C@H](C)CC(=O)[C@H](C)NC(=O)CCCCC(=O)O)c1)N=C[C@@H]1Cc3ccccc3N1C2=O.COc1cc2c(cc1OCc1cc(COc3cc4c(cc3C)C(=O)N3c5ccccc5C[C@H]3CC4)cc(NC(=O)[C@H](C)CC(=O)[C@H](C)NC(=O)CCCCC(=O)ON3C(=O)CCC3=O)c1)N=C[C@@H]1Cc3ccccc3N1C2=O.[2H][2H]. The second-order valence-corrected chi connectivity index (χ2v) is 39.5. The van der Waals surface area contributed by atoms with E-state index in [9.17, 15) is 67.1 Å². The summed E-state index contributed by atoms with van der Waals surface area (Å²) in [6.45, 7) is 10.4. The van der Waals surface area contributed by atoms with Crippen LogP contribution in [0.25, 0.3) is 0 Å². The summed E-state index contributed by atoms with van der Waals surface area (Å²) >= 11 is 0. The van der Waals surface area contributed by atoms with Gasteiger partial charge in [-0.3, -0.25) is 82.1 Å².